The highest BCUT2D eigenvalue weighted by Crippen LogP contribution is 2.19. The molecule has 1 aliphatic heterocycles. The van der Waals surface area contributed by atoms with Crippen LogP contribution in [0.3, 0.4) is 0 Å². The SMILES string of the molecule is Cc1ccc2nc3n(c2c1)CCN(C)CC3. The highest BCUT2D eigenvalue weighted by molar-refractivity contribution is 5.76. The van der Waals surface area contributed by atoms with Crippen molar-refractivity contribution in [3.8, 4) is 0 Å². The van der Waals surface area contributed by atoms with E-state index in [4.69, 9.17) is 4.98 Å². The maximum absolute atomic E-state index is 4.73. The maximum atomic E-state index is 4.73. The maximum Gasteiger partial charge on any atom is 0.111 e. The van der Waals surface area contributed by atoms with Gasteiger partial charge >= 0.3 is 0 Å². The van der Waals surface area contributed by atoms with Crippen molar-refractivity contribution >= 4 is 11.0 Å². The Morgan fingerprint density at radius 1 is 1.19 bits per heavy atom. The van der Waals surface area contributed by atoms with Gasteiger partial charge in [0, 0.05) is 26.1 Å². The number of hydrogen-bond acceptors (Lipinski definition) is 2. The molecule has 0 aliphatic carbocycles. The minimum absolute atomic E-state index is 1.06. The molecule has 1 aliphatic rings. The number of likely N-dealkylation sites (N-methyl/N-ethyl adjacent to an activating group) is 1. The normalized spacial score (nSPS) is 17.4. The number of aryl methyl sites for hydroxylation is 1. The average molecular weight is 215 g/mol. The number of rotatable bonds is 0. The van der Waals surface area contributed by atoms with Crippen LogP contribution in [0.4, 0.5) is 0 Å². The third kappa shape index (κ3) is 1.52. The van der Waals surface area contributed by atoms with E-state index in [-0.39, 0.29) is 0 Å². The van der Waals surface area contributed by atoms with Crippen molar-refractivity contribution in [1.29, 1.82) is 0 Å². The van der Waals surface area contributed by atoms with E-state index >= 15 is 0 Å². The fourth-order valence-electron chi connectivity index (χ4n) is 2.40. The Morgan fingerprint density at radius 2 is 2.06 bits per heavy atom. The molecule has 84 valence electrons. The minimum atomic E-state index is 1.06. The van der Waals surface area contributed by atoms with E-state index in [0.717, 1.165) is 31.6 Å². The Bertz CT molecular complexity index is 527. The van der Waals surface area contributed by atoms with Crippen LogP contribution < -0.4 is 0 Å². The third-order valence-electron chi connectivity index (χ3n) is 3.41. The first-order valence-electron chi connectivity index (χ1n) is 5.88. The lowest BCUT2D eigenvalue weighted by molar-refractivity contribution is 0.342. The molecule has 0 amide bonds. The quantitative estimate of drug-likeness (QED) is 0.668. The van der Waals surface area contributed by atoms with E-state index in [2.05, 4.69) is 41.6 Å². The summed E-state index contributed by atoms with van der Waals surface area (Å²) >= 11 is 0. The largest absolute Gasteiger partial charge is 0.327 e. The van der Waals surface area contributed by atoms with Gasteiger partial charge < -0.3 is 9.47 Å². The topological polar surface area (TPSA) is 21.1 Å². The van der Waals surface area contributed by atoms with Crippen LogP contribution in [0.5, 0.6) is 0 Å². The van der Waals surface area contributed by atoms with Gasteiger partial charge in [0.2, 0.25) is 0 Å². The molecule has 0 unspecified atom stereocenters. The molecule has 3 nitrogen and oxygen atoms in total. The molecule has 2 aromatic rings. The predicted octanol–water partition coefficient (Wildman–Crippen LogP) is 1.83. The zero-order valence-electron chi connectivity index (χ0n) is 9.90. The number of nitrogens with zero attached hydrogens (tertiary/aromatic N) is 3. The highest BCUT2D eigenvalue weighted by atomic mass is 15.2. The van der Waals surface area contributed by atoms with Crippen molar-refractivity contribution in [2.24, 2.45) is 0 Å². The molecule has 1 aromatic carbocycles. The van der Waals surface area contributed by atoms with Gasteiger partial charge in [0.05, 0.1) is 11.0 Å². The van der Waals surface area contributed by atoms with Crippen LogP contribution in [0, 0.1) is 6.92 Å². The van der Waals surface area contributed by atoms with E-state index in [0.29, 0.717) is 0 Å². The van der Waals surface area contributed by atoms with E-state index in [1.807, 2.05) is 0 Å². The Labute approximate surface area is 95.7 Å². The first kappa shape index (κ1) is 9.85. The summed E-state index contributed by atoms with van der Waals surface area (Å²) in [4.78, 5) is 7.10. The first-order chi connectivity index (χ1) is 7.74. The molecule has 1 aromatic heterocycles. The second-order valence-electron chi connectivity index (χ2n) is 4.73. The Kier molecular flexibility index (Phi) is 2.21. The Morgan fingerprint density at radius 3 is 2.94 bits per heavy atom. The summed E-state index contributed by atoms with van der Waals surface area (Å²) < 4.78 is 2.38. The molecule has 0 saturated carbocycles. The van der Waals surface area contributed by atoms with Gasteiger partial charge in [-0.3, -0.25) is 0 Å². The summed E-state index contributed by atoms with van der Waals surface area (Å²) in [7, 11) is 2.18. The summed E-state index contributed by atoms with van der Waals surface area (Å²) in [6, 6.07) is 6.52. The van der Waals surface area contributed by atoms with Crippen molar-refractivity contribution in [2.45, 2.75) is 19.9 Å². The van der Waals surface area contributed by atoms with Crippen LogP contribution in [-0.2, 0) is 13.0 Å². The van der Waals surface area contributed by atoms with Gasteiger partial charge in [-0.05, 0) is 31.7 Å². The lowest BCUT2D eigenvalue weighted by atomic mass is 10.2. The molecule has 0 radical (unpaired) electrons. The van der Waals surface area contributed by atoms with Crippen molar-refractivity contribution in [2.75, 3.05) is 20.1 Å². The van der Waals surface area contributed by atoms with Crippen LogP contribution in [0.25, 0.3) is 11.0 Å². The smallest absolute Gasteiger partial charge is 0.111 e. The van der Waals surface area contributed by atoms with E-state index < -0.39 is 0 Å². The second-order valence-corrected chi connectivity index (χ2v) is 4.73. The summed E-state index contributed by atoms with van der Waals surface area (Å²) in [6.07, 6.45) is 1.06. The van der Waals surface area contributed by atoms with Crippen LogP contribution in [-0.4, -0.2) is 34.6 Å². The zero-order chi connectivity index (χ0) is 11.1. The van der Waals surface area contributed by atoms with Gasteiger partial charge in [0.25, 0.3) is 0 Å². The van der Waals surface area contributed by atoms with E-state index in [1.54, 1.807) is 0 Å². The van der Waals surface area contributed by atoms with Crippen LogP contribution in [0.1, 0.15) is 11.4 Å². The number of imidazole rings is 1. The van der Waals surface area contributed by atoms with Crippen LogP contribution in [0.2, 0.25) is 0 Å². The van der Waals surface area contributed by atoms with Gasteiger partial charge in [-0.1, -0.05) is 6.07 Å². The Balaban J connectivity index is 2.16. The van der Waals surface area contributed by atoms with Crippen molar-refractivity contribution < 1.29 is 0 Å². The zero-order valence-corrected chi connectivity index (χ0v) is 9.90. The van der Waals surface area contributed by atoms with Gasteiger partial charge in [-0.25, -0.2) is 4.98 Å². The van der Waals surface area contributed by atoms with Gasteiger partial charge in [-0.2, -0.15) is 0 Å². The molecule has 3 heteroatoms. The number of fused-ring (bicyclic) bond motifs is 3. The number of aromatic nitrogens is 2. The average Bonchev–Trinajstić information content (AvgIpc) is 2.50. The molecular formula is C13H17N3. The summed E-state index contributed by atoms with van der Waals surface area (Å²) in [6.45, 7) is 5.43. The van der Waals surface area contributed by atoms with E-state index in [1.165, 1.54) is 16.9 Å². The van der Waals surface area contributed by atoms with Gasteiger partial charge in [0.1, 0.15) is 5.82 Å². The molecular weight excluding hydrogens is 198 g/mol. The van der Waals surface area contributed by atoms with Crippen LogP contribution in [0.15, 0.2) is 18.2 Å². The van der Waals surface area contributed by atoms with Crippen molar-refractivity contribution in [3.63, 3.8) is 0 Å². The summed E-state index contributed by atoms with van der Waals surface area (Å²) in [5.74, 6) is 1.24. The molecule has 2 heterocycles. The minimum Gasteiger partial charge on any atom is -0.327 e. The second kappa shape index (κ2) is 3.59. The van der Waals surface area contributed by atoms with Gasteiger partial charge in [-0.15, -0.1) is 0 Å². The number of benzene rings is 1. The highest BCUT2D eigenvalue weighted by Gasteiger charge is 2.15. The molecule has 3 rings (SSSR count). The van der Waals surface area contributed by atoms with Crippen LogP contribution >= 0.6 is 0 Å². The standard InChI is InChI=1S/C13H17N3/c1-10-3-4-11-12(9-10)16-8-7-15(2)6-5-13(16)14-11/h3-4,9H,5-8H2,1-2H3. The fraction of sp³-hybridized carbons (Fsp3) is 0.462. The summed E-state index contributed by atoms with van der Waals surface area (Å²) in [5.41, 5.74) is 3.75. The predicted molar refractivity (Wildman–Crippen MR) is 65.7 cm³/mol. The summed E-state index contributed by atoms with van der Waals surface area (Å²) in [5, 5.41) is 0. The molecule has 0 fully saturated rings. The first-order valence-corrected chi connectivity index (χ1v) is 5.88. The third-order valence-corrected chi connectivity index (χ3v) is 3.41. The monoisotopic (exact) mass is 215 g/mol. The molecule has 0 atom stereocenters. The molecule has 0 saturated heterocycles. The lowest BCUT2D eigenvalue weighted by Crippen LogP contribution is -2.21. The lowest BCUT2D eigenvalue weighted by Gasteiger charge is -2.11. The van der Waals surface area contributed by atoms with Crippen molar-refractivity contribution in [3.05, 3.63) is 29.6 Å². The molecule has 0 bridgehead atoms. The molecule has 0 spiro atoms. The van der Waals surface area contributed by atoms with E-state index in [9.17, 15) is 0 Å². The molecule has 0 N–H and O–H groups in total. The van der Waals surface area contributed by atoms with Gasteiger partial charge in [0.15, 0.2) is 0 Å². The fourth-order valence-corrected chi connectivity index (χ4v) is 2.40. The Hall–Kier alpha value is -1.35. The number of hydrogen-bond donors (Lipinski definition) is 0. The van der Waals surface area contributed by atoms with Crippen molar-refractivity contribution in [1.82, 2.24) is 14.5 Å². The molecule has 16 heavy (non-hydrogen) atoms.